The minimum atomic E-state index is -0.614. The van der Waals surface area contributed by atoms with Crippen molar-refractivity contribution in [1.29, 1.82) is 0 Å². The van der Waals surface area contributed by atoms with Crippen molar-refractivity contribution in [2.75, 3.05) is 18.0 Å². The topological polar surface area (TPSA) is 89.2 Å². The number of carbonyl (C=O) groups is 1. The first-order chi connectivity index (χ1) is 17.3. The fraction of sp³-hybridized carbons (Fsp3) is 0.308. The van der Waals surface area contributed by atoms with Crippen LogP contribution in [-0.2, 0) is 17.9 Å². The lowest BCUT2D eigenvalue weighted by Crippen LogP contribution is -2.41. The molecule has 1 amide bonds. The van der Waals surface area contributed by atoms with Gasteiger partial charge < -0.3 is 10.2 Å². The number of anilines is 1. The Labute approximate surface area is 210 Å². The van der Waals surface area contributed by atoms with E-state index in [9.17, 15) is 18.8 Å². The second-order valence-electron chi connectivity index (χ2n) is 8.97. The molecule has 5 rings (SSSR count). The molecule has 0 bridgehead atoms. The third-order valence-corrected chi connectivity index (χ3v) is 7.66. The predicted octanol–water partition coefficient (Wildman–Crippen LogP) is 3.28. The van der Waals surface area contributed by atoms with Crippen LogP contribution in [0.2, 0.25) is 0 Å². The summed E-state index contributed by atoms with van der Waals surface area (Å²) in [5.41, 5.74) is 2.15. The lowest BCUT2D eigenvalue weighted by atomic mass is 10.1. The highest BCUT2D eigenvalue weighted by Gasteiger charge is 2.24. The zero-order valence-electron chi connectivity index (χ0n) is 20.1. The number of rotatable bonds is 6. The lowest BCUT2D eigenvalue weighted by molar-refractivity contribution is -0.121. The molecule has 1 N–H and O–H groups in total. The summed E-state index contributed by atoms with van der Waals surface area (Å²) in [5.74, 6) is -0.769. The van der Waals surface area contributed by atoms with Gasteiger partial charge >= 0.3 is 5.69 Å². The van der Waals surface area contributed by atoms with Gasteiger partial charge in [0, 0.05) is 19.6 Å². The largest absolute Gasteiger partial charge is 0.350 e. The number of aromatic nitrogens is 3. The summed E-state index contributed by atoms with van der Waals surface area (Å²) in [5, 5.41) is 3.45. The average Bonchev–Trinajstić information content (AvgIpc) is 3.55. The number of nitrogens with zero attached hydrogens (tertiary/aromatic N) is 4. The number of fused-ring (bicyclic) bond motifs is 1. The Morgan fingerprint density at radius 3 is 2.53 bits per heavy atom. The molecule has 1 aliphatic rings. The third-order valence-electron chi connectivity index (χ3n) is 6.57. The van der Waals surface area contributed by atoms with E-state index in [1.165, 1.54) is 28.0 Å². The van der Waals surface area contributed by atoms with Gasteiger partial charge in [-0.25, -0.2) is 18.7 Å². The van der Waals surface area contributed by atoms with Gasteiger partial charge in [0.2, 0.25) is 5.91 Å². The van der Waals surface area contributed by atoms with E-state index in [4.69, 9.17) is 0 Å². The van der Waals surface area contributed by atoms with Crippen molar-refractivity contribution in [3.05, 3.63) is 85.8 Å². The van der Waals surface area contributed by atoms with Gasteiger partial charge in [-0.05, 0) is 61.6 Å². The van der Waals surface area contributed by atoms with E-state index < -0.39 is 17.2 Å². The first-order valence-electron chi connectivity index (χ1n) is 11.8. The Bertz CT molecular complexity index is 1570. The molecule has 0 unspecified atom stereocenters. The molecule has 0 spiro atoms. The van der Waals surface area contributed by atoms with Gasteiger partial charge in [-0.1, -0.05) is 35.6 Å². The quantitative estimate of drug-likeness (QED) is 0.433. The summed E-state index contributed by atoms with van der Waals surface area (Å²) in [6.07, 6.45) is 2.09. The first-order valence-corrected chi connectivity index (χ1v) is 12.6. The molecule has 0 saturated carbocycles. The van der Waals surface area contributed by atoms with Crippen LogP contribution in [0.1, 0.15) is 29.5 Å². The Morgan fingerprint density at radius 2 is 1.81 bits per heavy atom. The fourth-order valence-corrected chi connectivity index (χ4v) is 5.45. The van der Waals surface area contributed by atoms with E-state index in [1.807, 2.05) is 19.9 Å². The van der Waals surface area contributed by atoms with E-state index >= 15 is 0 Å². The number of aryl methyl sites for hydroxylation is 1. The molecule has 8 nitrogen and oxygen atoms in total. The molecule has 4 aromatic rings. The molecule has 2 aromatic heterocycles. The summed E-state index contributed by atoms with van der Waals surface area (Å²) in [7, 11) is 0. The highest BCUT2D eigenvalue weighted by Crippen LogP contribution is 2.29. The van der Waals surface area contributed by atoms with Crippen LogP contribution in [0.3, 0.4) is 0 Å². The van der Waals surface area contributed by atoms with Crippen molar-refractivity contribution >= 4 is 32.7 Å². The van der Waals surface area contributed by atoms with Crippen molar-refractivity contribution in [2.24, 2.45) is 0 Å². The molecule has 2 aromatic carbocycles. The van der Waals surface area contributed by atoms with E-state index in [-0.39, 0.29) is 24.6 Å². The number of nitrogens with one attached hydrogen (secondary N) is 1. The average molecular weight is 508 g/mol. The highest BCUT2D eigenvalue weighted by atomic mass is 32.1. The molecule has 10 heteroatoms. The SMILES string of the molecule is Cc1cccc(-n2c(=O)c3sc(N4CCCC4)nc3n(CC(=O)NCc3ccc(F)cc3)c2=O)c1C. The second-order valence-corrected chi connectivity index (χ2v) is 9.95. The van der Waals surface area contributed by atoms with Crippen LogP contribution < -0.4 is 21.5 Å². The van der Waals surface area contributed by atoms with Crippen LogP contribution >= 0.6 is 11.3 Å². The summed E-state index contributed by atoms with van der Waals surface area (Å²) in [6.45, 7) is 5.35. The van der Waals surface area contributed by atoms with Gasteiger partial charge in [0.05, 0.1) is 5.69 Å². The van der Waals surface area contributed by atoms with Crippen LogP contribution in [-0.4, -0.2) is 33.1 Å². The first kappa shape index (κ1) is 23.9. The van der Waals surface area contributed by atoms with Crippen LogP contribution in [0.4, 0.5) is 9.52 Å². The number of thiazole rings is 1. The Kier molecular flexibility index (Phi) is 6.44. The number of hydrogen-bond donors (Lipinski definition) is 1. The molecular formula is C26H26FN5O3S. The normalized spacial score (nSPS) is 13.5. The summed E-state index contributed by atoms with van der Waals surface area (Å²) < 4.78 is 15.9. The minimum Gasteiger partial charge on any atom is -0.350 e. The van der Waals surface area contributed by atoms with Gasteiger partial charge in [0.15, 0.2) is 10.8 Å². The predicted molar refractivity (Wildman–Crippen MR) is 139 cm³/mol. The monoisotopic (exact) mass is 507 g/mol. The molecule has 0 aliphatic carbocycles. The minimum absolute atomic E-state index is 0.184. The molecule has 1 fully saturated rings. The zero-order valence-corrected chi connectivity index (χ0v) is 20.9. The zero-order chi connectivity index (χ0) is 25.4. The van der Waals surface area contributed by atoms with Crippen molar-refractivity contribution in [3.63, 3.8) is 0 Å². The van der Waals surface area contributed by atoms with Crippen molar-refractivity contribution < 1.29 is 9.18 Å². The van der Waals surface area contributed by atoms with Gasteiger partial charge in [0.1, 0.15) is 17.1 Å². The maximum Gasteiger partial charge on any atom is 0.337 e. The van der Waals surface area contributed by atoms with Gasteiger partial charge in [-0.2, -0.15) is 0 Å². The Hall–Kier alpha value is -3.79. The van der Waals surface area contributed by atoms with Crippen LogP contribution in [0.5, 0.6) is 0 Å². The number of hydrogen-bond acceptors (Lipinski definition) is 6. The molecule has 1 saturated heterocycles. The van der Waals surface area contributed by atoms with Gasteiger partial charge in [-0.15, -0.1) is 0 Å². The van der Waals surface area contributed by atoms with Crippen molar-refractivity contribution in [2.45, 2.75) is 39.8 Å². The summed E-state index contributed by atoms with van der Waals surface area (Å²) in [4.78, 5) is 46.9. The summed E-state index contributed by atoms with van der Waals surface area (Å²) >= 11 is 1.26. The van der Waals surface area contributed by atoms with Crippen LogP contribution in [0.15, 0.2) is 52.1 Å². The smallest absolute Gasteiger partial charge is 0.337 e. The maximum atomic E-state index is 13.7. The molecule has 186 valence electrons. The number of carbonyl (C=O) groups excluding carboxylic acids is 1. The Balaban J connectivity index is 1.59. The lowest BCUT2D eigenvalue weighted by Gasteiger charge is -2.14. The van der Waals surface area contributed by atoms with Gasteiger partial charge in [-0.3, -0.25) is 14.2 Å². The van der Waals surface area contributed by atoms with E-state index in [1.54, 1.807) is 24.3 Å². The number of benzene rings is 2. The van der Waals surface area contributed by atoms with E-state index in [0.717, 1.165) is 47.2 Å². The standard InChI is InChI=1S/C26H26FN5O3S/c1-16-6-5-7-20(17(16)2)32-24(34)22-23(29-25(36-22)30-12-3-4-13-30)31(26(32)35)15-21(33)28-14-18-8-10-19(27)11-9-18/h5-11H,3-4,12-15H2,1-2H3,(H,28,33). The van der Waals surface area contributed by atoms with Crippen LogP contribution in [0.25, 0.3) is 16.0 Å². The molecule has 3 heterocycles. The maximum absolute atomic E-state index is 13.7. The van der Waals surface area contributed by atoms with E-state index in [2.05, 4.69) is 15.2 Å². The Morgan fingerprint density at radius 1 is 1.08 bits per heavy atom. The summed E-state index contributed by atoms with van der Waals surface area (Å²) in [6, 6.07) is 11.3. The molecule has 0 atom stereocenters. The number of amides is 1. The van der Waals surface area contributed by atoms with Gasteiger partial charge in [0.25, 0.3) is 5.56 Å². The number of halogens is 1. The molecule has 0 radical (unpaired) electrons. The molecule has 1 aliphatic heterocycles. The second kappa shape index (κ2) is 9.69. The van der Waals surface area contributed by atoms with Crippen molar-refractivity contribution in [1.82, 2.24) is 19.4 Å². The van der Waals surface area contributed by atoms with Crippen molar-refractivity contribution in [3.8, 4) is 5.69 Å². The van der Waals surface area contributed by atoms with E-state index in [0.29, 0.717) is 15.5 Å². The van der Waals surface area contributed by atoms with Crippen LogP contribution in [0, 0.1) is 19.7 Å². The molecular weight excluding hydrogens is 481 g/mol. The molecule has 36 heavy (non-hydrogen) atoms. The highest BCUT2D eigenvalue weighted by molar-refractivity contribution is 7.22. The third kappa shape index (κ3) is 4.44. The fourth-order valence-electron chi connectivity index (χ4n) is 4.40.